The average molecular weight is 313 g/mol. The molecule has 0 spiro atoms. The first-order chi connectivity index (χ1) is 10.7. The van der Waals surface area contributed by atoms with Crippen molar-refractivity contribution in [2.45, 2.75) is 39.5 Å². The molecule has 0 aromatic rings. The number of guanidine groups is 1. The highest BCUT2D eigenvalue weighted by atomic mass is 16.5. The predicted molar refractivity (Wildman–Crippen MR) is 94.6 cm³/mol. The van der Waals surface area contributed by atoms with Gasteiger partial charge in [0.25, 0.3) is 0 Å². The van der Waals surface area contributed by atoms with Crippen LogP contribution in [-0.2, 0) is 4.74 Å². The van der Waals surface area contributed by atoms with E-state index in [1.807, 2.05) is 7.05 Å². The summed E-state index contributed by atoms with van der Waals surface area (Å²) >= 11 is 0. The molecule has 0 radical (unpaired) electrons. The van der Waals surface area contributed by atoms with E-state index in [0.717, 1.165) is 51.3 Å². The summed E-state index contributed by atoms with van der Waals surface area (Å²) in [6.45, 7) is 11.7. The molecule has 0 aliphatic carbocycles. The molecule has 5 heteroatoms. The number of aliphatic imine (C=N–C) groups is 1. The van der Waals surface area contributed by atoms with Crippen molar-refractivity contribution >= 4 is 5.96 Å². The molecule has 1 saturated heterocycles. The molecule has 0 saturated carbocycles. The molecule has 0 atom stereocenters. The lowest BCUT2D eigenvalue weighted by Gasteiger charge is -2.27. The molecule has 0 unspecified atom stereocenters. The molecular weight excluding hydrogens is 276 g/mol. The van der Waals surface area contributed by atoms with Crippen molar-refractivity contribution in [1.29, 1.82) is 0 Å². The Bertz CT molecular complexity index is 303. The van der Waals surface area contributed by atoms with Crippen molar-refractivity contribution in [2.24, 2.45) is 10.9 Å². The lowest BCUT2D eigenvalue weighted by Crippen LogP contribution is -2.43. The molecule has 0 amide bonds. The topological polar surface area (TPSA) is 40.1 Å². The number of nitrogens with one attached hydrogen (secondary N) is 1. The van der Waals surface area contributed by atoms with Crippen LogP contribution in [0.15, 0.2) is 4.99 Å². The summed E-state index contributed by atoms with van der Waals surface area (Å²) in [6, 6.07) is 0. The highest BCUT2D eigenvalue weighted by Crippen LogP contribution is 2.18. The lowest BCUT2D eigenvalue weighted by molar-refractivity contribution is 0.0625. The maximum atomic E-state index is 5.43. The Morgan fingerprint density at radius 3 is 2.50 bits per heavy atom. The molecule has 1 fully saturated rings. The summed E-state index contributed by atoms with van der Waals surface area (Å²) in [4.78, 5) is 9.14. The van der Waals surface area contributed by atoms with Gasteiger partial charge in [-0.15, -0.1) is 0 Å². The zero-order valence-corrected chi connectivity index (χ0v) is 15.1. The summed E-state index contributed by atoms with van der Waals surface area (Å²) in [7, 11) is 4.01. The van der Waals surface area contributed by atoms with Crippen molar-refractivity contribution < 1.29 is 4.74 Å². The standard InChI is InChI=1S/C17H36N4O/c1-5-11-21(6-2)13-10-19-17(18-3)20(4)12-7-16-8-14-22-15-9-16/h16H,5-15H2,1-4H3,(H,18,19). The van der Waals surface area contributed by atoms with Crippen LogP contribution in [0.3, 0.4) is 0 Å². The molecule has 130 valence electrons. The molecule has 1 N–H and O–H groups in total. The zero-order valence-electron chi connectivity index (χ0n) is 15.1. The van der Waals surface area contributed by atoms with Gasteiger partial charge in [0.1, 0.15) is 0 Å². The van der Waals surface area contributed by atoms with E-state index in [1.54, 1.807) is 0 Å². The first-order valence-corrected chi connectivity index (χ1v) is 8.93. The zero-order chi connectivity index (χ0) is 16.2. The minimum atomic E-state index is 0.814. The van der Waals surface area contributed by atoms with E-state index in [9.17, 15) is 0 Å². The summed E-state index contributed by atoms with van der Waals surface area (Å²) in [5.74, 6) is 1.83. The van der Waals surface area contributed by atoms with E-state index >= 15 is 0 Å². The van der Waals surface area contributed by atoms with Crippen molar-refractivity contribution in [2.75, 3.05) is 60.0 Å². The van der Waals surface area contributed by atoms with Crippen molar-refractivity contribution in [3.05, 3.63) is 0 Å². The van der Waals surface area contributed by atoms with Gasteiger partial charge in [-0.05, 0) is 44.7 Å². The Morgan fingerprint density at radius 2 is 1.91 bits per heavy atom. The Balaban J connectivity index is 2.24. The van der Waals surface area contributed by atoms with Gasteiger partial charge in [0, 0.05) is 46.9 Å². The van der Waals surface area contributed by atoms with Crippen LogP contribution in [0.25, 0.3) is 0 Å². The lowest BCUT2D eigenvalue weighted by atomic mass is 9.96. The van der Waals surface area contributed by atoms with Crippen LogP contribution in [0.2, 0.25) is 0 Å². The van der Waals surface area contributed by atoms with Gasteiger partial charge in [-0.1, -0.05) is 13.8 Å². The van der Waals surface area contributed by atoms with E-state index in [1.165, 1.54) is 32.2 Å². The van der Waals surface area contributed by atoms with Gasteiger partial charge < -0.3 is 19.9 Å². The summed E-state index contributed by atoms with van der Waals surface area (Å²) in [5, 5.41) is 3.49. The van der Waals surface area contributed by atoms with Gasteiger partial charge in [-0.3, -0.25) is 4.99 Å². The Morgan fingerprint density at radius 1 is 1.18 bits per heavy atom. The normalized spacial score (nSPS) is 17.0. The third-order valence-electron chi connectivity index (χ3n) is 4.49. The number of ether oxygens (including phenoxy) is 1. The van der Waals surface area contributed by atoms with Crippen molar-refractivity contribution in [3.63, 3.8) is 0 Å². The van der Waals surface area contributed by atoms with E-state index in [-0.39, 0.29) is 0 Å². The molecule has 1 aliphatic rings. The van der Waals surface area contributed by atoms with Crippen LogP contribution in [0.1, 0.15) is 39.5 Å². The number of nitrogens with zero attached hydrogens (tertiary/aromatic N) is 3. The second-order valence-corrected chi connectivity index (χ2v) is 6.17. The molecule has 5 nitrogen and oxygen atoms in total. The maximum absolute atomic E-state index is 5.43. The first-order valence-electron chi connectivity index (χ1n) is 8.93. The van der Waals surface area contributed by atoms with Crippen LogP contribution >= 0.6 is 0 Å². The minimum absolute atomic E-state index is 0.814. The number of likely N-dealkylation sites (N-methyl/N-ethyl adjacent to an activating group) is 1. The number of rotatable bonds is 9. The third-order valence-corrected chi connectivity index (χ3v) is 4.49. The first kappa shape index (κ1) is 19.2. The van der Waals surface area contributed by atoms with Gasteiger partial charge in [0.2, 0.25) is 0 Å². The van der Waals surface area contributed by atoms with Crippen LogP contribution in [0, 0.1) is 5.92 Å². The van der Waals surface area contributed by atoms with Crippen molar-refractivity contribution in [1.82, 2.24) is 15.1 Å². The van der Waals surface area contributed by atoms with Gasteiger partial charge in [0.05, 0.1) is 0 Å². The van der Waals surface area contributed by atoms with Gasteiger partial charge in [0.15, 0.2) is 5.96 Å². The monoisotopic (exact) mass is 312 g/mol. The highest BCUT2D eigenvalue weighted by Gasteiger charge is 2.15. The minimum Gasteiger partial charge on any atom is -0.381 e. The molecule has 1 heterocycles. The third kappa shape index (κ3) is 7.45. The van der Waals surface area contributed by atoms with E-state index in [0.29, 0.717) is 0 Å². The number of hydrogen-bond acceptors (Lipinski definition) is 3. The van der Waals surface area contributed by atoms with E-state index < -0.39 is 0 Å². The molecular formula is C17H36N4O. The molecule has 1 rings (SSSR count). The van der Waals surface area contributed by atoms with E-state index in [2.05, 4.69) is 41.0 Å². The van der Waals surface area contributed by atoms with Crippen LogP contribution in [0.5, 0.6) is 0 Å². The summed E-state index contributed by atoms with van der Waals surface area (Å²) < 4.78 is 5.43. The fourth-order valence-electron chi connectivity index (χ4n) is 2.97. The Labute approximate surface area is 137 Å². The summed E-state index contributed by atoms with van der Waals surface area (Å²) in [6.07, 6.45) is 4.87. The fraction of sp³-hybridized carbons (Fsp3) is 0.941. The van der Waals surface area contributed by atoms with E-state index in [4.69, 9.17) is 4.74 Å². The quantitative estimate of drug-likeness (QED) is 0.522. The Hall–Kier alpha value is -0.810. The number of hydrogen-bond donors (Lipinski definition) is 1. The van der Waals surface area contributed by atoms with Gasteiger partial charge in [-0.25, -0.2) is 0 Å². The second-order valence-electron chi connectivity index (χ2n) is 6.17. The largest absolute Gasteiger partial charge is 0.381 e. The molecule has 0 aromatic carbocycles. The average Bonchev–Trinajstić information content (AvgIpc) is 2.56. The molecule has 22 heavy (non-hydrogen) atoms. The predicted octanol–water partition coefficient (Wildman–Crippen LogP) is 2.04. The SMILES string of the molecule is CCCN(CC)CCNC(=NC)N(C)CCC1CCOCC1. The van der Waals surface area contributed by atoms with Gasteiger partial charge in [-0.2, -0.15) is 0 Å². The molecule has 1 aliphatic heterocycles. The van der Waals surface area contributed by atoms with Crippen LogP contribution in [-0.4, -0.2) is 75.8 Å². The van der Waals surface area contributed by atoms with Crippen LogP contribution in [0.4, 0.5) is 0 Å². The highest BCUT2D eigenvalue weighted by molar-refractivity contribution is 5.79. The Kier molecular flexibility index (Phi) is 10.2. The molecule has 0 bridgehead atoms. The second kappa shape index (κ2) is 11.7. The smallest absolute Gasteiger partial charge is 0.193 e. The van der Waals surface area contributed by atoms with Crippen molar-refractivity contribution in [3.8, 4) is 0 Å². The maximum Gasteiger partial charge on any atom is 0.193 e. The molecule has 0 aromatic heterocycles. The fourth-order valence-corrected chi connectivity index (χ4v) is 2.97. The summed E-state index contributed by atoms with van der Waals surface area (Å²) in [5.41, 5.74) is 0. The van der Waals surface area contributed by atoms with Gasteiger partial charge >= 0.3 is 0 Å². The van der Waals surface area contributed by atoms with Crippen LogP contribution < -0.4 is 5.32 Å².